The summed E-state index contributed by atoms with van der Waals surface area (Å²) in [7, 11) is 3.17. The van der Waals surface area contributed by atoms with Crippen molar-refractivity contribution in [1.29, 1.82) is 0 Å². The summed E-state index contributed by atoms with van der Waals surface area (Å²) >= 11 is 5.95. The summed E-state index contributed by atoms with van der Waals surface area (Å²) in [4.78, 5) is 0. The Morgan fingerprint density at radius 2 is 1.78 bits per heavy atom. The Kier molecular flexibility index (Phi) is 3.79. The molecule has 0 radical (unpaired) electrons. The van der Waals surface area contributed by atoms with Gasteiger partial charge in [0, 0.05) is 5.56 Å². The van der Waals surface area contributed by atoms with E-state index in [1.54, 1.807) is 20.3 Å². The lowest BCUT2D eigenvalue weighted by Crippen LogP contribution is -2.14. The molecule has 1 heterocycles. The van der Waals surface area contributed by atoms with Crippen molar-refractivity contribution >= 4 is 11.6 Å². The molecule has 4 nitrogen and oxygen atoms in total. The number of hydrogen-bond acceptors (Lipinski definition) is 4. The van der Waals surface area contributed by atoms with Crippen LogP contribution in [0, 0.1) is 0 Å². The van der Waals surface area contributed by atoms with Crippen LogP contribution >= 0.6 is 11.6 Å². The third-order valence-corrected chi connectivity index (χ3v) is 3.07. The van der Waals surface area contributed by atoms with Gasteiger partial charge in [-0.15, -0.1) is 0 Å². The zero-order valence-corrected chi connectivity index (χ0v) is 10.9. The number of hydrogen-bond donors (Lipinski definition) is 1. The third-order valence-electron chi connectivity index (χ3n) is 2.76. The number of rotatable bonds is 4. The minimum Gasteiger partial charge on any atom is -0.496 e. The molecule has 0 amide bonds. The molecule has 0 saturated carbocycles. The molecule has 0 spiro atoms. The maximum atomic E-state index is 6.21. The molecule has 0 aliphatic carbocycles. The van der Waals surface area contributed by atoms with Gasteiger partial charge in [-0.2, -0.15) is 0 Å². The highest BCUT2D eigenvalue weighted by molar-refractivity contribution is 6.29. The van der Waals surface area contributed by atoms with Crippen LogP contribution in [0.3, 0.4) is 0 Å². The van der Waals surface area contributed by atoms with Crippen molar-refractivity contribution in [3.63, 3.8) is 0 Å². The fraction of sp³-hybridized carbons (Fsp3) is 0.231. The van der Waals surface area contributed by atoms with Gasteiger partial charge >= 0.3 is 0 Å². The zero-order valence-electron chi connectivity index (χ0n) is 10.1. The highest BCUT2D eigenvalue weighted by atomic mass is 35.5. The SMILES string of the molecule is COc1cccc(OC)c1C(N)c1ccoc1Cl. The minimum atomic E-state index is -0.470. The van der Waals surface area contributed by atoms with Gasteiger partial charge in [0.15, 0.2) is 5.22 Å². The molecule has 2 rings (SSSR count). The smallest absolute Gasteiger partial charge is 0.198 e. The van der Waals surface area contributed by atoms with Gasteiger partial charge < -0.3 is 19.6 Å². The van der Waals surface area contributed by atoms with Gasteiger partial charge in [0.2, 0.25) is 0 Å². The van der Waals surface area contributed by atoms with Crippen LogP contribution < -0.4 is 15.2 Å². The van der Waals surface area contributed by atoms with Gasteiger partial charge in [-0.05, 0) is 29.8 Å². The molecule has 96 valence electrons. The van der Waals surface area contributed by atoms with Crippen LogP contribution in [-0.2, 0) is 0 Å². The lowest BCUT2D eigenvalue weighted by molar-refractivity contribution is 0.382. The average Bonchev–Trinajstić information content (AvgIpc) is 2.83. The summed E-state index contributed by atoms with van der Waals surface area (Å²) in [6.45, 7) is 0. The molecule has 0 aliphatic rings. The second-order valence-electron chi connectivity index (χ2n) is 3.70. The molecule has 1 atom stereocenters. The van der Waals surface area contributed by atoms with E-state index in [0.29, 0.717) is 17.1 Å². The average molecular weight is 268 g/mol. The molecule has 0 bridgehead atoms. The van der Waals surface area contributed by atoms with Crippen LogP contribution in [-0.4, -0.2) is 14.2 Å². The van der Waals surface area contributed by atoms with Crippen molar-refractivity contribution in [3.8, 4) is 11.5 Å². The second-order valence-corrected chi connectivity index (χ2v) is 4.05. The lowest BCUT2D eigenvalue weighted by Gasteiger charge is -2.18. The number of ether oxygens (including phenoxy) is 2. The van der Waals surface area contributed by atoms with Gasteiger partial charge in [-0.1, -0.05) is 6.07 Å². The minimum absolute atomic E-state index is 0.274. The first-order valence-electron chi connectivity index (χ1n) is 5.38. The molecule has 0 aliphatic heterocycles. The van der Waals surface area contributed by atoms with Gasteiger partial charge in [0.05, 0.1) is 32.1 Å². The van der Waals surface area contributed by atoms with Crippen molar-refractivity contribution < 1.29 is 13.9 Å². The lowest BCUT2D eigenvalue weighted by atomic mass is 10.00. The molecule has 0 fully saturated rings. The van der Waals surface area contributed by atoms with Crippen molar-refractivity contribution in [2.75, 3.05) is 14.2 Å². The molecule has 1 aromatic heterocycles. The number of nitrogens with two attached hydrogens (primary N) is 1. The fourth-order valence-electron chi connectivity index (χ4n) is 1.87. The Labute approximate surface area is 110 Å². The quantitative estimate of drug-likeness (QED) is 0.925. The van der Waals surface area contributed by atoms with Crippen molar-refractivity contribution in [2.45, 2.75) is 6.04 Å². The first-order chi connectivity index (χ1) is 8.69. The molecular formula is C13H14ClNO3. The molecule has 5 heteroatoms. The van der Waals surface area contributed by atoms with Crippen molar-refractivity contribution in [3.05, 3.63) is 46.9 Å². The van der Waals surface area contributed by atoms with E-state index in [2.05, 4.69) is 0 Å². The Morgan fingerprint density at radius 1 is 1.17 bits per heavy atom. The number of halogens is 1. The number of furan rings is 1. The summed E-state index contributed by atoms with van der Waals surface area (Å²) < 4.78 is 15.7. The first kappa shape index (κ1) is 12.8. The van der Waals surface area contributed by atoms with E-state index in [9.17, 15) is 0 Å². The predicted molar refractivity (Wildman–Crippen MR) is 69.3 cm³/mol. The molecule has 2 aromatic rings. The highest BCUT2D eigenvalue weighted by Gasteiger charge is 2.22. The van der Waals surface area contributed by atoms with E-state index in [0.717, 1.165) is 5.56 Å². The van der Waals surface area contributed by atoms with Crippen LogP contribution in [0.4, 0.5) is 0 Å². The maximum Gasteiger partial charge on any atom is 0.198 e. The van der Waals surface area contributed by atoms with E-state index < -0.39 is 6.04 Å². The summed E-state index contributed by atoms with van der Waals surface area (Å²) in [6, 6.07) is 6.75. The van der Waals surface area contributed by atoms with E-state index in [-0.39, 0.29) is 5.22 Å². The summed E-state index contributed by atoms with van der Waals surface area (Å²) in [5.41, 5.74) is 7.65. The topological polar surface area (TPSA) is 57.6 Å². The van der Waals surface area contributed by atoms with Crippen LogP contribution in [0.25, 0.3) is 0 Å². The van der Waals surface area contributed by atoms with Gasteiger partial charge in [-0.3, -0.25) is 0 Å². The van der Waals surface area contributed by atoms with Crippen LogP contribution in [0.1, 0.15) is 17.2 Å². The second kappa shape index (κ2) is 5.33. The molecule has 1 aromatic carbocycles. The predicted octanol–water partition coefficient (Wildman–Crippen LogP) is 3.00. The number of methoxy groups -OCH3 is 2. The summed E-state index contributed by atoms with van der Waals surface area (Å²) in [5, 5.41) is 0.274. The summed E-state index contributed by atoms with van der Waals surface area (Å²) in [6.07, 6.45) is 1.50. The van der Waals surface area contributed by atoms with Crippen molar-refractivity contribution in [1.82, 2.24) is 0 Å². The molecule has 18 heavy (non-hydrogen) atoms. The Balaban J connectivity index is 2.52. The first-order valence-corrected chi connectivity index (χ1v) is 5.76. The monoisotopic (exact) mass is 267 g/mol. The molecular weight excluding hydrogens is 254 g/mol. The Morgan fingerprint density at radius 3 is 2.22 bits per heavy atom. The van der Waals surface area contributed by atoms with Crippen LogP contribution in [0.2, 0.25) is 5.22 Å². The van der Waals surface area contributed by atoms with E-state index in [1.807, 2.05) is 18.2 Å². The maximum absolute atomic E-state index is 6.21. The molecule has 1 unspecified atom stereocenters. The largest absolute Gasteiger partial charge is 0.496 e. The van der Waals surface area contributed by atoms with E-state index in [1.165, 1.54) is 6.26 Å². The standard InChI is InChI=1S/C13H14ClNO3/c1-16-9-4-3-5-10(17-2)11(9)12(15)8-6-7-18-13(8)14/h3-7,12H,15H2,1-2H3. The highest BCUT2D eigenvalue weighted by Crippen LogP contribution is 2.38. The summed E-state index contributed by atoms with van der Waals surface area (Å²) in [5.74, 6) is 1.30. The Bertz CT molecular complexity index is 517. The fourth-order valence-corrected chi connectivity index (χ4v) is 2.10. The van der Waals surface area contributed by atoms with Gasteiger partial charge in [0.25, 0.3) is 0 Å². The van der Waals surface area contributed by atoms with Gasteiger partial charge in [-0.25, -0.2) is 0 Å². The van der Waals surface area contributed by atoms with Gasteiger partial charge in [0.1, 0.15) is 11.5 Å². The van der Waals surface area contributed by atoms with Crippen LogP contribution in [0.15, 0.2) is 34.9 Å². The normalized spacial score (nSPS) is 12.2. The number of benzene rings is 1. The zero-order chi connectivity index (χ0) is 13.1. The van der Waals surface area contributed by atoms with E-state index in [4.69, 9.17) is 31.2 Å². The van der Waals surface area contributed by atoms with E-state index >= 15 is 0 Å². The Hall–Kier alpha value is -1.65. The molecule has 0 saturated heterocycles. The molecule has 2 N–H and O–H groups in total. The van der Waals surface area contributed by atoms with Crippen molar-refractivity contribution in [2.24, 2.45) is 5.73 Å². The third kappa shape index (κ3) is 2.17. The van der Waals surface area contributed by atoms with Crippen LogP contribution in [0.5, 0.6) is 11.5 Å².